The zero-order valence-corrected chi connectivity index (χ0v) is 12.9. The number of carbonyl (C=O) groups is 3. The Morgan fingerprint density at radius 3 is 2.90 bits per heavy atom. The molecule has 1 aromatic rings. The summed E-state index contributed by atoms with van der Waals surface area (Å²) < 4.78 is 4.80. The molecule has 21 heavy (non-hydrogen) atoms. The number of imide groups is 1. The summed E-state index contributed by atoms with van der Waals surface area (Å²) in [6.07, 6.45) is 0.0788. The van der Waals surface area contributed by atoms with Crippen LogP contribution in [0.1, 0.15) is 13.3 Å². The van der Waals surface area contributed by atoms with Gasteiger partial charge in [0.1, 0.15) is 0 Å². The monoisotopic (exact) mass is 327 g/mol. The molecular weight excluding hydrogens is 314 g/mol. The molecule has 5 nitrogen and oxygen atoms in total. The lowest BCUT2D eigenvalue weighted by Crippen LogP contribution is -2.31. The number of amides is 2. The van der Waals surface area contributed by atoms with Gasteiger partial charge < -0.3 is 4.74 Å². The van der Waals surface area contributed by atoms with Crippen molar-refractivity contribution in [1.82, 2.24) is 0 Å². The number of thioether (sulfide) groups is 1. The molecule has 1 atom stereocenters. The summed E-state index contributed by atoms with van der Waals surface area (Å²) in [6, 6.07) is 6.57. The van der Waals surface area contributed by atoms with Crippen LogP contribution in [-0.4, -0.2) is 35.4 Å². The molecule has 0 unspecified atom stereocenters. The molecule has 1 fully saturated rings. The summed E-state index contributed by atoms with van der Waals surface area (Å²) in [7, 11) is 0. The van der Waals surface area contributed by atoms with E-state index in [1.165, 1.54) is 0 Å². The van der Waals surface area contributed by atoms with Crippen molar-refractivity contribution in [3.63, 3.8) is 0 Å². The van der Waals surface area contributed by atoms with E-state index in [-0.39, 0.29) is 30.0 Å². The van der Waals surface area contributed by atoms with Crippen molar-refractivity contribution >= 4 is 46.8 Å². The summed E-state index contributed by atoms with van der Waals surface area (Å²) in [5.41, 5.74) is 0.455. The number of esters is 1. The van der Waals surface area contributed by atoms with Crippen LogP contribution in [0.5, 0.6) is 0 Å². The summed E-state index contributed by atoms with van der Waals surface area (Å²) in [5, 5.41) is -0.100. The number of halogens is 1. The number of rotatable bonds is 5. The highest BCUT2D eigenvalue weighted by Gasteiger charge is 2.40. The first-order chi connectivity index (χ1) is 10.0. The van der Waals surface area contributed by atoms with Crippen LogP contribution in [0.15, 0.2) is 24.3 Å². The highest BCUT2D eigenvalue weighted by atomic mass is 35.5. The van der Waals surface area contributed by atoms with Gasteiger partial charge >= 0.3 is 5.97 Å². The minimum Gasteiger partial charge on any atom is -0.465 e. The molecule has 2 rings (SSSR count). The fraction of sp³-hybridized carbons (Fsp3) is 0.357. The van der Waals surface area contributed by atoms with Gasteiger partial charge in [0, 0.05) is 11.4 Å². The molecule has 0 aromatic heterocycles. The normalized spacial score (nSPS) is 18.2. The Hall–Kier alpha value is -1.53. The van der Waals surface area contributed by atoms with Gasteiger partial charge in [0.2, 0.25) is 11.8 Å². The van der Waals surface area contributed by atoms with Gasteiger partial charge in [-0.25, -0.2) is 4.90 Å². The third kappa shape index (κ3) is 3.77. The Labute approximate surface area is 131 Å². The second-order valence-corrected chi connectivity index (χ2v) is 5.98. The smallest absolute Gasteiger partial charge is 0.315 e. The van der Waals surface area contributed by atoms with Gasteiger partial charge in [-0.1, -0.05) is 17.7 Å². The van der Waals surface area contributed by atoms with Gasteiger partial charge in [-0.15, -0.1) is 11.8 Å². The van der Waals surface area contributed by atoms with E-state index in [0.717, 1.165) is 16.7 Å². The maximum Gasteiger partial charge on any atom is 0.315 e. The van der Waals surface area contributed by atoms with Gasteiger partial charge in [-0.05, 0) is 25.1 Å². The van der Waals surface area contributed by atoms with Crippen molar-refractivity contribution in [2.75, 3.05) is 17.3 Å². The molecule has 112 valence electrons. The molecule has 0 N–H and O–H groups in total. The van der Waals surface area contributed by atoms with E-state index < -0.39 is 5.25 Å². The Morgan fingerprint density at radius 1 is 1.48 bits per heavy atom. The molecule has 2 amide bonds. The van der Waals surface area contributed by atoms with E-state index in [9.17, 15) is 14.4 Å². The summed E-state index contributed by atoms with van der Waals surface area (Å²) >= 11 is 7.00. The Morgan fingerprint density at radius 2 is 2.24 bits per heavy atom. The van der Waals surface area contributed by atoms with Crippen molar-refractivity contribution in [3.05, 3.63) is 29.3 Å². The topological polar surface area (TPSA) is 63.7 Å². The Bertz CT molecular complexity index is 578. The first kappa shape index (κ1) is 15.9. The van der Waals surface area contributed by atoms with E-state index in [1.54, 1.807) is 31.2 Å². The van der Waals surface area contributed by atoms with Crippen molar-refractivity contribution in [3.8, 4) is 0 Å². The molecule has 0 radical (unpaired) electrons. The first-order valence-electron chi connectivity index (χ1n) is 6.42. The Kier molecular flexibility index (Phi) is 5.25. The maximum atomic E-state index is 12.3. The van der Waals surface area contributed by atoms with Gasteiger partial charge in [0.05, 0.1) is 23.3 Å². The molecular formula is C14H14ClNO4S. The molecule has 0 bridgehead atoms. The minimum absolute atomic E-state index is 0.0565. The lowest BCUT2D eigenvalue weighted by molar-refractivity contribution is -0.139. The number of carbonyl (C=O) groups excluding carboxylic acids is 3. The van der Waals surface area contributed by atoms with Crippen LogP contribution in [0.3, 0.4) is 0 Å². The van der Waals surface area contributed by atoms with Crippen LogP contribution in [0.4, 0.5) is 5.69 Å². The molecule has 1 aromatic carbocycles. The highest BCUT2D eigenvalue weighted by Crippen LogP contribution is 2.30. The molecule has 1 aliphatic heterocycles. The zero-order chi connectivity index (χ0) is 15.4. The third-order valence-corrected chi connectivity index (χ3v) is 4.29. The molecule has 0 saturated carbocycles. The van der Waals surface area contributed by atoms with E-state index in [4.69, 9.17) is 16.3 Å². The van der Waals surface area contributed by atoms with Crippen LogP contribution in [0.2, 0.25) is 5.02 Å². The molecule has 1 heterocycles. The number of hydrogen-bond acceptors (Lipinski definition) is 5. The quantitative estimate of drug-likeness (QED) is 0.613. The molecule has 0 spiro atoms. The molecule has 7 heteroatoms. The largest absolute Gasteiger partial charge is 0.465 e. The second kappa shape index (κ2) is 6.95. The standard InChI is InChI=1S/C14H14ClNO4S/c1-2-20-13(18)8-21-11-7-12(17)16(14(11)19)10-5-3-4-9(15)6-10/h3-6,11H,2,7-8H2,1H3/t11-/m1/s1. The number of hydrogen-bond donors (Lipinski definition) is 0. The highest BCUT2D eigenvalue weighted by molar-refractivity contribution is 8.01. The van der Waals surface area contributed by atoms with E-state index in [1.807, 2.05) is 0 Å². The van der Waals surface area contributed by atoms with E-state index in [2.05, 4.69) is 0 Å². The maximum absolute atomic E-state index is 12.3. The van der Waals surface area contributed by atoms with Crippen LogP contribution in [0.25, 0.3) is 0 Å². The molecule has 1 saturated heterocycles. The number of anilines is 1. The van der Waals surface area contributed by atoms with Crippen LogP contribution >= 0.6 is 23.4 Å². The van der Waals surface area contributed by atoms with Gasteiger partial charge in [0.15, 0.2) is 0 Å². The van der Waals surface area contributed by atoms with Crippen molar-refractivity contribution < 1.29 is 19.1 Å². The zero-order valence-electron chi connectivity index (χ0n) is 11.4. The lowest BCUT2D eigenvalue weighted by atomic mass is 10.3. The third-order valence-electron chi connectivity index (χ3n) is 2.88. The van der Waals surface area contributed by atoms with Crippen LogP contribution in [-0.2, 0) is 19.1 Å². The SMILES string of the molecule is CCOC(=O)CS[C@@H]1CC(=O)N(c2cccc(Cl)c2)C1=O. The second-order valence-electron chi connectivity index (χ2n) is 4.36. The van der Waals surface area contributed by atoms with Gasteiger partial charge in [-0.2, -0.15) is 0 Å². The summed E-state index contributed by atoms with van der Waals surface area (Å²) in [6.45, 7) is 2.01. The van der Waals surface area contributed by atoms with Gasteiger partial charge in [0.25, 0.3) is 0 Å². The van der Waals surface area contributed by atoms with Gasteiger partial charge in [-0.3, -0.25) is 14.4 Å². The predicted molar refractivity (Wildman–Crippen MR) is 81.4 cm³/mol. The van der Waals surface area contributed by atoms with Crippen molar-refractivity contribution in [2.45, 2.75) is 18.6 Å². The fourth-order valence-electron chi connectivity index (χ4n) is 1.99. The lowest BCUT2D eigenvalue weighted by Gasteiger charge is -2.15. The predicted octanol–water partition coefficient (Wildman–Crippen LogP) is 2.27. The number of nitrogens with zero attached hydrogens (tertiary/aromatic N) is 1. The number of benzene rings is 1. The summed E-state index contributed by atoms with van der Waals surface area (Å²) in [4.78, 5) is 36.7. The first-order valence-corrected chi connectivity index (χ1v) is 7.85. The van der Waals surface area contributed by atoms with Crippen LogP contribution in [0, 0.1) is 0 Å². The average molecular weight is 328 g/mol. The molecule has 0 aliphatic carbocycles. The van der Waals surface area contributed by atoms with E-state index in [0.29, 0.717) is 17.3 Å². The van der Waals surface area contributed by atoms with Crippen LogP contribution < -0.4 is 4.90 Å². The summed E-state index contributed by atoms with van der Waals surface area (Å²) in [5.74, 6) is -0.940. The van der Waals surface area contributed by atoms with Crippen molar-refractivity contribution in [2.24, 2.45) is 0 Å². The minimum atomic E-state index is -0.555. The number of ether oxygens (including phenoxy) is 1. The Balaban J connectivity index is 2.05. The van der Waals surface area contributed by atoms with Crippen molar-refractivity contribution in [1.29, 1.82) is 0 Å². The fourth-order valence-corrected chi connectivity index (χ4v) is 3.11. The molecule has 1 aliphatic rings. The average Bonchev–Trinajstić information content (AvgIpc) is 2.71. The van der Waals surface area contributed by atoms with E-state index >= 15 is 0 Å².